The molecule has 2 N–H and O–H groups in total. The summed E-state index contributed by atoms with van der Waals surface area (Å²) in [5.74, 6) is 1.20. The molecule has 1 aromatic heterocycles. The second-order valence-corrected chi connectivity index (χ2v) is 7.81. The molecule has 0 unspecified atom stereocenters. The summed E-state index contributed by atoms with van der Waals surface area (Å²) in [5.41, 5.74) is 0. The normalized spacial score (nSPS) is 26.3. The molecule has 0 bridgehead atoms. The first-order valence-corrected chi connectivity index (χ1v) is 9.26. The van der Waals surface area contributed by atoms with Gasteiger partial charge in [-0.3, -0.25) is 14.5 Å². The predicted molar refractivity (Wildman–Crippen MR) is 93.8 cm³/mol. The first-order valence-electron chi connectivity index (χ1n) is 6.88. The number of aliphatic hydroxyl groups is 1. The number of nitrogens with one attached hydrogen (secondary N) is 1. The zero-order chi connectivity index (χ0) is 16.4. The molecule has 6 nitrogen and oxygen atoms in total. The van der Waals surface area contributed by atoms with Gasteiger partial charge in [0.1, 0.15) is 16.6 Å². The van der Waals surface area contributed by atoms with E-state index in [-0.39, 0.29) is 24.4 Å². The molecule has 122 valence electrons. The van der Waals surface area contributed by atoms with Gasteiger partial charge in [-0.15, -0.1) is 0 Å². The largest absolute Gasteiger partial charge is 0.465 e. The fourth-order valence-corrected chi connectivity index (χ4v) is 4.62. The Bertz CT molecular complexity index is 659. The molecule has 2 atom stereocenters. The minimum Gasteiger partial charge on any atom is -0.465 e. The average molecular weight is 370 g/mol. The third kappa shape index (κ3) is 3.79. The Morgan fingerprint density at radius 3 is 3.04 bits per heavy atom. The molecule has 2 amide bonds. The van der Waals surface area contributed by atoms with Crippen LogP contribution >= 0.6 is 35.7 Å². The fraction of sp³-hybridized carbons (Fsp3) is 0.357. The van der Waals surface area contributed by atoms with Crippen molar-refractivity contribution in [3.05, 3.63) is 29.1 Å². The zero-order valence-corrected chi connectivity index (χ0v) is 14.4. The Morgan fingerprint density at radius 1 is 1.57 bits per heavy atom. The van der Waals surface area contributed by atoms with Gasteiger partial charge in [-0.1, -0.05) is 24.0 Å². The van der Waals surface area contributed by atoms with Gasteiger partial charge in [0.15, 0.2) is 0 Å². The molecule has 9 heteroatoms. The highest BCUT2D eigenvalue weighted by molar-refractivity contribution is 8.26. The Kier molecular flexibility index (Phi) is 5.10. The monoisotopic (exact) mass is 370 g/mol. The minimum atomic E-state index is -0.547. The van der Waals surface area contributed by atoms with Crippen molar-refractivity contribution in [2.45, 2.75) is 12.1 Å². The third-order valence-electron chi connectivity index (χ3n) is 3.39. The Balaban J connectivity index is 1.62. The number of thioether (sulfide) groups is 2. The highest BCUT2D eigenvalue weighted by atomic mass is 32.2. The van der Waals surface area contributed by atoms with Crippen LogP contribution in [-0.4, -0.2) is 56.3 Å². The van der Waals surface area contributed by atoms with E-state index in [9.17, 15) is 14.7 Å². The molecule has 2 aliphatic rings. The number of carbonyl (C=O) groups is 2. The molecule has 0 aliphatic carbocycles. The van der Waals surface area contributed by atoms with Crippen LogP contribution in [0.4, 0.5) is 0 Å². The van der Waals surface area contributed by atoms with Crippen LogP contribution in [-0.2, 0) is 9.59 Å². The number of thiocarbonyl (C=S) groups is 1. The van der Waals surface area contributed by atoms with E-state index in [1.165, 1.54) is 11.2 Å². The van der Waals surface area contributed by atoms with Crippen LogP contribution in [0.5, 0.6) is 0 Å². The highest BCUT2D eigenvalue weighted by Gasteiger charge is 2.35. The average Bonchev–Trinajstić information content (AvgIpc) is 3.20. The lowest BCUT2D eigenvalue weighted by Crippen LogP contribution is -2.47. The third-order valence-corrected chi connectivity index (χ3v) is 5.94. The van der Waals surface area contributed by atoms with Crippen molar-refractivity contribution in [3.63, 3.8) is 0 Å². The molecular weight excluding hydrogens is 356 g/mol. The Labute approximate surface area is 146 Å². The Morgan fingerprint density at radius 2 is 2.39 bits per heavy atom. The van der Waals surface area contributed by atoms with Gasteiger partial charge in [-0.2, -0.15) is 11.8 Å². The molecule has 2 aliphatic heterocycles. The van der Waals surface area contributed by atoms with E-state index in [0.29, 0.717) is 26.5 Å². The zero-order valence-electron chi connectivity index (χ0n) is 11.9. The Hall–Kier alpha value is -1.29. The van der Waals surface area contributed by atoms with E-state index in [0.717, 1.165) is 11.8 Å². The molecular formula is C14H14N2O4S3. The quantitative estimate of drug-likeness (QED) is 0.606. The fourth-order valence-electron chi connectivity index (χ4n) is 2.22. The van der Waals surface area contributed by atoms with Crippen molar-refractivity contribution in [1.29, 1.82) is 0 Å². The molecule has 23 heavy (non-hydrogen) atoms. The summed E-state index contributed by atoms with van der Waals surface area (Å²) in [4.78, 5) is 26.1. The maximum Gasteiger partial charge on any atom is 0.266 e. The van der Waals surface area contributed by atoms with Crippen LogP contribution in [0.2, 0.25) is 0 Å². The van der Waals surface area contributed by atoms with E-state index < -0.39 is 6.10 Å². The van der Waals surface area contributed by atoms with E-state index >= 15 is 0 Å². The summed E-state index contributed by atoms with van der Waals surface area (Å²) in [6.07, 6.45) is 2.58. The van der Waals surface area contributed by atoms with Crippen LogP contribution in [0.15, 0.2) is 27.7 Å². The SMILES string of the molecule is O=C(CN1C(=O)/C(=C/c2ccco2)SC1=S)N[C@H]1CSC[C@H]1O. The van der Waals surface area contributed by atoms with E-state index in [1.807, 2.05) is 0 Å². The second kappa shape index (κ2) is 7.08. The highest BCUT2D eigenvalue weighted by Crippen LogP contribution is 2.32. The van der Waals surface area contributed by atoms with Crippen LogP contribution < -0.4 is 5.32 Å². The first kappa shape index (κ1) is 16.6. The van der Waals surface area contributed by atoms with E-state index in [1.54, 1.807) is 30.0 Å². The maximum absolute atomic E-state index is 12.4. The summed E-state index contributed by atoms with van der Waals surface area (Å²) in [6, 6.07) is 3.19. The van der Waals surface area contributed by atoms with Gasteiger partial charge in [0.25, 0.3) is 5.91 Å². The number of amides is 2. The van der Waals surface area contributed by atoms with Gasteiger partial charge < -0.3 is 14.8 Å². The van der Waals surface area contributed by atoms with Crippen molar-refractivity contribution in [1.82, 2.24) is 10.2 Å². The molecule has 0 saturated carbocycles. The van der Waals surface area contributed by atoms with Crippen LogP contribution in [0.3, 0.4) is 0 Å². The molecule has 0 spiro atoms. The second-order valence-electron chi connectivity index (χ2n) is 5.06. The maximum atomic E-state index is 12.4. The number of rotatable bonds is 4. The molecule has 2 saturated heterocycles. The van der Waals surface area contributed by atoms with Gasteiger partial charge in [-0.05, 0) is 12.1 Å². The lowest BCUT2D eigenvalue weighted by atomic mass is 10.2. The van der Waals surface area contributed by atoms with Crippen molar-refractivity contribution < 1.29 is 19.1 Å². The molecule has 1 aromatic rings. The molecule has 0 radical (unpaired) electrons. The predicted octanol–water partition coefficient (Wildman–Crippen LogP) is 1.07. The van der Waals surface area contributed by atoms with Crippen molar-refractivity contribution in [3.8, 4) is 0 Å². The number of hydrogen-bond acceptors (Lipinski definition) is 7. The van der Waals surface area contributed by atoms with Gasteiger partial charge >= 0.3 is 0 Å². The number of nitrogens with zero attached hydrogens (tertiary/aromatic N) is 1. The first-order chi connectivity index (χ1) is 11.0. The van der Waals surface area contributed by atoms with Crippen molar-refractivity contribution in [2.24, 2.45) is 0 Å². The summed E-state index contributed by atoms with van der Waals surface area (Å²) < 4.78 is 5.52. The number of hydrogen-bond donors (Lipinski definition) is 2. The van der Waals surface area contributed by atoms with Gasteiger partial charge in [0.05, 0.1) is 23.3 Å². The lowest BCUT2D eigenvalue weighted by Gasteiger charge is -2.18. The number of furan rings is 1. The van der Waals surface area contributed by atoms with Gasteiger partial charge in [0, 0.05) is 17.6 Å². The topological polar surface area (TPSA) is 82.8 Å². The molecule has 3 heterocycles. The molecule has 3 rings (SSSR count). The van der Waals surface area contributed by atoms with Crippen molar-refractivity contribution in [2.75, 3.05) is 18.1 Å². The standard InChI is InChI=1S/C14H14N2O4S3/c17-10-7-22-6-9(10)15-12(18)5-16-13(19)11(23-14(16)21)4-8-2-1-3-20-8/h1-4,9-10,17H,5-7H2,(H,15,18)/b11-4-/t9-,10+/m0/s1. The number of aliphatic hydroxyl groups excluding tert-OH is 1. The lowest BCUT2D eigenvalue weighted by molar-refractivity contribution is -0.129. The molecule has 2 fully saturated rings. The van der Waals surface area contributed by atoms with Crippen LogP contribution in [0, 0.1) is 0 Å². The summed E-state index contributed by atoms with van der Waals surface area (Å²) in [5, 5.41) is 12.5. The van der Waals surface area contributed by atoms with Crippen LogP contribution in [0.1, 0.15) is 5.76 Å². The van der Waals surface area contributed by atoms with Gasteiger partial charge in [0.2, 0.25) is 5.91 Å². The number of carbonyl (C=O) groups excluding carboxylic acids is 2. The molecule has 0 aromatic carbocycles. The van der Waals surface area contributed by atoms with E-state index in [2.05, 4.69) is 5.32 Å². The summed E-state index contributed by atoms with van der Waals surface area (Å²) in [7, 11) is 0. The minimum absolute atomic E-state index is 0.145. The summed E-state index contributed by atoms with van der Waals surface area (Å²) in [6.45, 7) is -0.145. The summed E-state index contributed by atoms with van der Waals surface area (Å²) >= 11 is 7.90. The van der Waals surface area contributed by atoms with E-state index in [4.69, 9.17) is 16.6 Å². The van der Waals surface area contributed by atoms with Crippen LogP contribution in [0.25, 0.3) is 6.08 Å². The van der Waals surface area contributed by atoms with Crippen molar-refractivity contribution >= 4 is 58.0 Å². The van der Waals surface area contributed by atoms with Gasteiger partial charge in [-0.25, -0.2) is 0 Å². The smallest absolute Gasteiger partial charge is 0.266 e.